The second-order valence-corrected chi connectivity index (χ2v) is 9.77. The first-order chi connectivity index (χ1) is 15.7. The number of hydrogen-bond donors (Lipinski definition) is 1. The number of nitrogens with zero attached hydrogens (tertiary/aromatic N) is 3. The van der Waals surface area contributed by atoms with Gasteiger partial charge in [-0.25, -0.2) is 4.79 Å². The van der Waals surface area contributed by atoms with Crippen LogP contribution in [0.15, 0.2) is 39.5 Å². The van der Waals surface area contributed by atoms with Crippen molar-refractivity contribution in [2.75, 3.05) is 6.54 Å². The molecule has 1 unspecified atom stereocenters. The number of rotatable bonds is 10. The Kier molecular flexibility index (Phi) is 8.61. The van der Waals surface area contributed by atoms with Gasteiger partial charge >= 0.3 is 5.76 Å². The molecule has 2 atom stereocenters. The number of Topliss-reactive ketones (excluding diaryl/α,β-unsaturated/α-hetero) is 1. The summed E-state index contributed by atoms with van der Waals surface area (Å²) in [6, 6.07) is 9.01. The lowest BCUT2D eigenvalue weighted by Crippen LogP contribution is -2.53. The Morgan fingerprint density at radius 1 is 1.12 bits per heavy atom. The van der Waals surface area contributed by atoms with Crippen LogP contribution >= 0.6 is 0 Å². The third-order valence-corrected chi connectivity index (χ3v) is 5.84. The van der Waals surface area contributed by atoms with Gasteiger partial charge in [0.25, 0.3) is 5.89 Å². The van der Waals surface area contributed by atoms with E-state index in [-0.39, 0.29) is 29.7 Å². The van der Waals surface area contributed by atoms with Crippen molar-refractivity contribution in [2.45, 2.75) is 78.6 Å². The van der Waals surface area contributed by atoms with Gasteiger partial charge in [-0.15, -0.1) is 5.10 Å². The predicted octanol–water partition coefficient (Wildman–Crippen LogP) is 3.26. The quantitative estimate of drug-likeness (QED) is 0.551. The van der Waals surface area contributed by atoms with Gasteiger partial charge < -0.3 is 9.73 Å². The molecule has 2 aromatic rings. The van der Waals surface area contributed by atoms with E-state index < -0.39 is 17.6 Å². The normalized spacial score (nSPS) is 17.9. The Labute approximate surface area is 195 Å². The molecule has 0 spiro atoms. The Balaban J connectivity index is 1.75. The molecule has 2 heterocycles. The van der Waals surface area contributed by atoms with Crippen molar-refractivity contribution in [3.63, 3.8) is 0 Å². The van der Waals surface area contributed by atoms with E-state index in [1.807, 2.05) is 45.9 Å². The Morgan fingerprint density at radius 3 is 2.52 bits per heavy atom. The highest BCUT2D eigenvalue weighted by Gasteiger charge is 2.33. The fourth-order valence-electron chi connectivity index (χ4n) is 4.28. The number of benzene rings is 1. The molecule has 1 aromatic carbocycles. The van der Waals surface area contributed by atoms with E-state index in [1.165, 1.54) is 4.68 Å². The molecule has 3 rings (SSSR count). The average molecular weight is 457 g/mol. The first-order valence-corrected chi connectivity index (χ1v) is 11.9. The van der Waals surface area contributed by atoms with Crippen molar-refractivity contribution >= 4 is 11.7 Å². The van der Waals surface area contributed by atoms with Crippen LogP contribution in [0.1, 0.15) is 69.6 Å². The zero-order valence-corrected chi connectivity index (χ0v) is 20.1. The van der Waals surface area contributed by atoms with Crippen LogP contribution in [0.4, 0.5) is 0 Å². The molecule has 0 saturated carbocycles. The Hall–Kier alpha value is -2.74. The van der Waals surface area contributed by atoms with Gasteiger partial charge in [0.15, 0.2) is 0 Å². The second kappa shape index (κ2) is 11.4. The SMILES string of the molecule is CC(C)CC(NC(=O)[C@@H]1CCCCN1Cc1ccccc1)C(=O)c1nn(CC(C)C)c(=O)o1. The van der Waals surface area contributed by atoms with E-state index in [9.17, 15) is 14.4 Å². The first-order valence-electron chi connectivity index (χ1n) is 11.9. The van der Waals surface area contributed by atoms with Crippen molar-refractivity contribution in [3.8, 4) is 0 Å². The number of carbonyl (C=O) groups is 2. The average Bonchev–Trinajstić information content (AvgIpc) is 3.13. The fourth-order valence-corrected chi connectivity index (χ4v) is 4.28. The molecule has 8 heteroatoms. The summed E-state index contributed by atoms with van der Waals surface area (Å²) in [6.07, 6.45) is 3.21. The maximum absolute atomic E-state index is 13.3. The summed E-state index contributed by atoms with van der Waals surface area (Å²) in [5, 5.41) is 7.06. The minimum absolute atomic E-state index is 0.159. The molecule has 0 bridgehead atoms. The smallest absolute Gasteiger partial charge is 0.384 e. The van der Waals surface area contributed by atoms with Crippen LogP contribution < -0.4 is 11.1 Å². The number of carbonyl (C=O) groups excluding carboxylic acids is 2. The highest BCUT2D eigenvalue weighted by atomic mass is 16.4. The van der Waals surface area contributed by atoms with Crippen molar-refractivity contribution in [3.05, 3.63) is 52.3 Å². The van der Waals surface area contributed by atoms with E-state index in [2.05, 4.69) is 27.4 Å². The summed E-state index contributed by atoms with van der Waals surface area (Å²) in [4.78, 5) is 40.8. The molecule has 1 aromatic heterocycles. The lowest BCUT2D eigenvalue weighted by molar-refractivity contribution is -0.128. The number of aromatic nitrogens is 2. The van der Waals surface area contributed by atoms with Crippen LogP contribution in [-0.2, 0) is 17.9 Å². The van der Waals surface area contributed by atoms with E-state index in [4.69, 9.17) is 4.42 Å². The standard InChI is InChI=1S/C25H36N4O4/c1-17(2)14-20(22(30)24-27-29(15-18(3)4)25(32)33-24)26-23(31)21-12-8-9-13-28(21)16-19-10-6-5-7-11-19/h5-7,10-11,17-18,20-21H,8-9,12-16H2,1-4H3,(H,26,31)/t20?,21-/m0/s1. The van der Waals surface area contributed by atoms with Crippen LogP contribution in [0.25, 0.3) is 0 Å². The van der Waals surface area contributed by atoms with Gasteiger partial charge in [-0.05, 0) is 43.2 Å². The first kappa shape index (κ1) is 24.9. The third-order valence-electron chi connectivity index (χ3n) is 5.84. The zero-order chi connectivity index (χ0) is 24.0. The second-order valence-electron chi connectivity index (χ2n) is 9.77. The molecular formula is C25H36N4O4. The lowest BCUT2D eigenvalue weighted by atomic mass is 9.97. The minimum Gasteiger partial charge on any atom is -0.384 e. The van der Waals surface area contributed by atoms with Crippen molar-refractivity contribution in [1.82, 2.24) is 20.0 Å². The van der Waals surface area contributed by atoms with E-state index >= 15 is 0 Å². The molecule has 1 aliphatic heterocycles. The van der Waals surface area contributed by atoms with E-state index in [0.717, 1.165) is 31.4 Å². The van der Waals surface area contributed by atoms with Crippen LogP contribution in [0, 0.1) is 11.8 Å². The summed E-state index contributed by atoms with van der Waals surface area (Å²) in [5.41, 5.74) is 1.16. The van der Waals surface area contributed by atoms with Gasteiger partial charge in [0.2, 0.25) is 11.7 Å². The number of likely N-dealkylation sites (tertiary alicyclic amines) is 1. The molecule has 1 aliphatic rings. The fraction of sp³-hybridized carbons (Fsp3) is 0.600. The van der Waals surface area contributed by atoms with Gasteiger partial charge in [0.1, 0.15) is 0 Å². The summed E-state index contributed by atoms with van der Waals surface area (Å²) in [6.45, 7) is 9.78. The van der Waals surface area contributed by atoms with Crippen molar-refractivity contribution < 1.29 is 14.0 Å². The van der Waals surface area contributed by atoms with Gasteiger partial charge in [0, 0.05) is 6.54 Å². The molecule has 0 aliphatic carbocycles. The molecule has 8 nitrogen and oxygen atoms in total. The van der Waals surface area contributed by atoms with Crippen molar-refractivity contribution in [2.24, 2.45) is 11.8 Å². The van der Waals surface area contributed by atoms with Crippen molar-refractivity contribution in [1.29, 1.82) is 0 Å². The van der Waals surface area contributed by atoms with Gasteiger partial charge in [-0.1, -0.05) is 64.4 Å². The highest BCUT2D eigenvalue weighted by molar-refractivity contribution is 5.99. The maximum Gasteiger partial charge on any atom is 0.437 e. The zero-order valence-electron chi connectivity index (χ0n) is 20.1. The highest BCUT2D eigenvalue weighted by Crippen LogP contribution is 2.21. The summed E-state index contributed by atoms with van der Waals surface area (Å²) in [7, 11) is 0. The maximum atomic E-state index is 13.3. The molecule has 1 saturated heterocycles. The third kappa shape index (κ3) is 6.87. The number of amides is 1. The largest absolute Gasteiger partial charge is 0.437 e. The molecule has 1 amide bonds. The number of ketones is 1. The number of hydrogen-bond acceptors (Lipinski definition) is 6. The summed E-state index contributed by atoms with van der Waals surface area (Å²) >= 11 is 0. The monoisotopic (exact) mass is 456 g/mol. The van der Waals surface area contributed by atoms with Crippen LogP contribution in [0.5, 0.6) is 0 Å². The molecule has 1 fully saturated rings. The van der Waals surface area contributed by atoms with E-state index in [1.54, 1.807) is 0 Å². The van der Waals surface area contributed by atoms with Gasteiger partial charge in [-0.3, -0.25) is 14.5 Å². The number of piperidine rings is 1. The molecule has 33 heavy (non-hydrogen) atoms. The van der Waals surface area contributed by atoms with Crippen LogP contribution in [0.3, 0.4) is 0 Å². The molecule has 180 valence electrons. The van der Waals surface area contributed by atoms with Gasteiger partial charge in [0.05, 0.1) is 18.6 Å². The molecule has 0 radical (unpaired) electrons. The summed E-state index contributed by atoms with van der Waals surface area (Å²) in [5.74, 6) is -1.16. The molecule has 1 N–H and O–H groups in total. The van der Waals surface area contributed by atoms with Crippen LogP contribution in [-0.4, -0.2) is 45.0 Å². The van der Waals surface area contributed by atoms with E-state index in [0.29, 0.717) is 19.5 Å². The number of nitrogens with one attached hydrogen (secondary N) is 1. The minimum atomic E-state index is -0.788. The Bertz CT molecular complexity index is 980. The topological polar surface area (TPSA) is 97.4 Å². The molecular weight excluding hydrogens is 420 g/mol. The van der Waals surface area contributed by atoms with Crippen LogP contribution in [0.2, 0.25) is 0 Å². The predicted molar refractivity (Wildman–Crippen MR) is 126 cm³/mol. The Morgan fingerprint density at radius 2 is 1.85 bits per heavy atom. The summed E-state index contributed by atoms with van der Waals surface area (Å²) < 4.78 is 6.33. The lowest BCUT2D eigenvalue weighted by Gasteiger charge is -2.35. The van der Waals surface area contributed by atoms with Gasteiger partial charge in [-0.2, -0.15) is 4.68 Å².